The zero-order chi connectivity index (χ0) is 9.97. The van der Waals surface area contributed by atoms with Crippen molar-refractivity contribution in [1.82, 2.24) is 9.55 Å². The zero-order valence-electron chi connectivity index (χ0n) is 8.03. The largest absolute Gasteiger partial charge is 0.494 e. The summed E-state index contributed by atoms with van der Waals surface area (Å²) in [5.41, 5.74) is 7.33. The Bertz CT molecular complexity index is 436. The van der Waals surface area contributed by atoms with Crippen LogP contribution >= 0.6 is 0 Å². The molecule has 1 aromatic carbocycles. The van der Waals surface area contributed by atoms with E-state index in [1.807, 2.05) is 22.8 Å². The number of hydrogen-bond donors (Lipinski definition) is 1. The number of hydrogen-bond acceptors (Lipinski definition) is 3. The molecule has 2 rings (SSSR count). The minimum Gasteiger partial charge on any atom is -0.494 e. The normalized spacial score (nSPS) is 10.7. The highest BCUT2D eigenvalue weighted by molar-refractivity contribution is 5.81. The number of imidazole rings is 1. The fourth-order valence-electron chi connectivity index (χ4n) is 1.47. The molecule has 1 heterocycles. The predicted molar refractivity (Wildman–Crippen MR) is 54.2 cm³/mol. The van der Waals surface area contributed by atoms with Gasteiger partial charge < -0.3 is 15.0 Å². The number of para-hydroxylation sites is 1. The molecule has 0 spiro atoms. The molecule has 0 aliphatic rings. The van der Waals surface area contributed by atoms with Crippen LogP contribution in [0.15, 0.2) is 18.2 Å². The van der Waals surface area contributed by atoms with Crippen molar-refractivity contribution < 1.29 is 4.74 Å². The van der Waals surface area contributed by atoms with E-state index < -0.39 is 0 Å². The molecule has 0 aliphatic heterocycles. The number of aromatic nitrogens is 2. The Balaban J connectivity index is 2.57. The Morgan fingerprint density at radius 1 is 1.57 bits per heavy atom. The van der Waals surface area contributed by atoms with E-state index in [0.29, 0.717) is 6.54 Å². The van der Waals surface area contributed by atoms with Crippen LogP contribution in [0, 0.1) is 6.33 Å². The highest BCUT2D eigenvalue weighted by Crippen LogP contribution is 2.22. The minimum atomic E-state index is 0.583. The average Bonchev–Trinajstić information content (AvgIpc) is 2.62. The van der Waals surface area contributed by atoms with Crippen LogP contribution in [0.5, 0.6) is 5.75 Å². The zero-order valence-corrected chi connectivity index (χ0v) is 8.03. The lowest BCUT2D eigenvalue weighted by Gasteiger charge is -2.02. The number of methoxy groups -OCH3 is 1. The molecule has 0 unspecified atom stereocenters. The fraction of sp³-hybridized carbons (Fsp3) is 0.300. The maximum atomic E-state index is 5.48. The maximum Gasteiger partial charge on any atom is 0.177 e. The molecule has 73 valence electrons. The van der Waals surface area contributed by atoms with Crippen LogP contribution in [0.25, 0.3) is 11.0 Å². The molecule has 0 aliphatic carbocycles. The molecule has 4 nitrogen and oxygen atoms in total. The first-order chi connectivity index (χ1) is 6.86. The lowest BCUT2D eigenvalue weighted by molar-refractivity contribution is 0.419. The van der Waals surface area contributed by atoms with Gasteiger partial charge in [0.1, 0.15) is 11.3 Å². The number of ether oxygens (including phenoxy) is 1. The molecule has 1 aromatic heterocycles. The number of benzene rings is 1. The summed E-state index contributed by atoms with van der Waals surface area (Å²) in [6.07, 6.45) is 2.90. The van der Waals surface area contributed by atoms with Gasteiger partial charge in [0.05, 0.1) is 12.6 Å². The molecule has 0 atom stereocenters. The van der Waals surface area contributed by atoms with Crippen LogP contribution in [0.3, 0.4) is 0 Å². The molecule has 0 saturated carbocycles. The van der Waals surface area contributed by atoms with E-state index in [-0.39, 0.29) is 0 Å². The van der Waals surface area contributed by atoms with Crippen molar-refractivity contribution >= 4 is 11.0 Å². The Labute approximate surface area is 82.3 Å². The summed E-state index contributed by atoms with van der Waals surface area (Å²) in [6, 6.07) is 5.80. The van der Waals surface area contributed by atoms with Gasteiger partial charge in [-0.15, -0.1) is 0 Å². The highest BCUT2D eigenvalue weighted by atomic mass is 16.5. The number of fused-ring (bicyclic) bond motifs is 1. The number of nitrogens with two attached hydrogens (primary N) is 1. The van der Waals surface area contributed by atoms with Crippen molar-refractivity contribution in [2.75, 3.05) is 13.7 Å². The van der Waals surface area contributed by atoms with Gasteiger partial charge in [-0.3, -0.25) is 0 Å². The van der Waals surface area contributed by atoms with Crippen molar-refractivity contribution in [2.45, 2.75) is 6.54 Å². The van der Waals surface area contributed by atoms with Gasteiger partial charge in [-0.05, 0) is 12.1 Å². The van der Waals surface area contributed by atoms with Gasteiger partial charge in [-0.25, -0.2) is 4.98 Å². The summed E-state index contributed by atoms with van der Waals surface area (Å²) in [7, 11) is 1.64. The van der Waals surface area contributed by atoms with Crippen LogP contribution in [-0.4, -0.2) is 23.2 Å². The SMILES string of the molecule is COc1cccc2c1n[c]n2CCN. The first kappa shape index (κ1) is 9.02. The van der Waals surface area contributed by atoms with Crippen LogP contribution in [0.4, 0.5) is 0 Å². The minimum absolute atomic E-state index is 0.583. The average molecular weight is 190 g/mol. The second-order valence-electron chi connectivity index (χ2n) is 2.98. The number of nitrogens with zero attached hydrogens (tertiary/aromatic N) is 2. The van der Waals surface area contributed by atoms with Crippen LogP contribution in [0.1, 0.15) is 0 Å². The van der Waals surface area contributed by atoms with Gasteiger partial charge in [0.25, 0.3) is 0 Å². The van der Waals surface area contributed by atoms with Crippen molar-refractivity contribution in [3.8, 4) is 5.75 Å². The van der Waals surface area contributed by atoms with Crippen molar-refractivity contribution in [1.29, 1.82) is 0 Å². The summed E-state index contributed by atoms with van der Waals surface area (Å²) < 4.78 is 7.09. The first-order valence-corrected chi connectivity index (χ1v) is 4.48. The van der Waals surface area contributed by atoms with E-state index in [9.17, 15) is 0 Å². The topological polar surface area (TPSA) is 53.1 Å². The second kappa shape index (κ2) is 3.67. The lowest BCUT2D eigenvalue weighted by Crippen LogP contribution is -2.08. The molecule has 0 amide bonds. The summed E-state index contributed by atoms with van der Waals surface area (Å²) in [4.78, 5) is 4.17. The molecule has 0 saturated heterocycles. The van der Waals surface area contributed by atoms with Gasteiger partial charge in [0.15, 0.2) is 6.33 Å². The van der Waals surface area contributed by atoms with Gasteiger partial charge >= 0.3 is 0 Å². The maximum absolute atomic E-state index is 5.48. The Hall–Kier alpha value is -1.55. The fourth-order valence-corrected chi connectivity index (χ4v) is 1.47. The van der Waals surface area contributed by atoms with E-state index in [1.54, 1.807) is 7.11 Å². The third-order valence-corrected chi connectivity index (χ3v) is 2.12. The van der Waals surface area contributed by atoms with Crippen molar-refractivity contribution in [3.05, 3.63) is 24.5 Å². The summed E-state index contributed by atoms with van der Waals surface area (Å²) >= 11 is 0. The van der Waals surface area contributed by atoms with E-state index in [4.69, 9.17) is 10.5 Å². The standard InChI is InChI=1S/C10H12N3O/c1-14-9-4-2-3-8-10(9)12-7-13(8)6-5-11/h2-4H,5-6,11H2,1H3. The molecular formula is C10H12N3O. The van der Waals surface area contributed by atoms with Crippen LogP contribution < -0.4 is 10.5 Å². The Morgan fingerprint density at radius 2 is 2.43 bits per heavy atom. The van der Waals surface area contributed by atoms with Crippen LogP contribution in [-0.2, 0) is 6.54 Å². The highest BCUT2D eigenvalue weighted by Gasteiger charge is 2.06. The van der Waals surface area contributed by atoms with E-state index >= 15 is 0 Å². The summed E-state index contributed by atoms with van der Waals surface area (Å²) in [5, 5.41) is 0. The van der Waals surface area contributed by atoms with Gasteiger partial charge in [-0.1, -0.05) is 6.07 Å². The molecule has 2 aromatic rings. The van der Waals surface area contributed by atoms with Crippen molar-refractivity contribution in [2.24, 2.45) is 5.73 Å². The van der Waals surface area contributed by atoms with Crippen LogP contribution in [0.2, 0.25) is 0 Å². The Morgan fingerprint density at radius 3 is 3.14 bits per heavy atom. The second-order valence-corrected chi connectivity index (χ2v) is 2.98. The Kier molecular flexibility index (Phi) is 2.37. The third kappa shape index (κ3) is 1.33. The molecule has 14 heavy (non-hydrogen) atoms. The van der Waals surface area contributed by atoms with Gasteiger partial charge in [0, 0.05) is 13.1 Å². The molecule has 2 N–H and O–H groups in total. The molecular weight excluding hydrogens is 178 g/mol. The molecule has 0 bridgehead atoms. The quantitative estimate of drug-likeness (QED) is 0.779. The van der Waals surface area contributed by atoms with E-state index in [2.05, 4.69) is 11.3 Å². The predicted octanol–water partition coefficient (Wildman–Crippen LogP) is 0.804. The first-order valence-electron chi connectivity index (χ1n) is 4.48. The van der Waals surface area contributed by atoms with Crippen molar-refractivity contribution in [3.63, 3.8) is 0 Å². The van der Waals surface area contributed by atoms with Gasteiger partial charge in [0.2, 0.25) is 0 Å². The number of rotatable bonds is 3. The summed E-state index contributed by atoms with van der Waals surface area (Å²) in [5.74, 6) is 0.773. The summed E-state index contributed by atoms with van der Waals surface area (Å²) in [6.45, 7) is 1.31. The van der Waals surface area contributed by atoms with E-state index in [1.165, 1.54) is 0 Å². The molecule has 0 fully saturated rings. The lowest BCUT2D eigenvalue weighted by atomic mass is 10.3. The van der Waals surface area contributed by atoms with E-state index in [0.717, 1.165) is 23.3 Å². The molecule has 4 heteroatoms. The van der Waals surface area contributed by atoms with Gasteiger partial charge in [-0.2, -0.15) is 0 Å². The smallest absolute Gasteiger partial charge is 0.177 e. The third-order valence-electron chi connectivity index (χ3n) is 2.12. The molecule has 1 radical (unpaired) electrons. The monoisotopic (exact) mass is 190 g/mol.